The van der Waals surface area contributed by atoms with Crippen molar-refractivity contribution >= 4 is 23.3 Å². The normalized spacial score (nSPS) is 9.93. The first-order valence-electron chi connectivity index (χ1n) is 4.90. The molecule has 2 N–H and O–H groups in total. The molecule has 3 nitrogen and oxygen atoms in total. The van der Waals surface area contributed by atoms with Gasteiger partial charge in [0.1, 0.15) is 0 Å². The van der Waals surface area contributed by atoms with E-state index in [9.17, 15) is 4.79 Å². The second kappa shape index (κ2) is 6.30. The van der Waals surface area contributed by atoms with E-state index in [1.54, 1.807) is 0 Å². The lowest BCUT2D eigenvalue weighted by Gasteiger charge is -2.05. The molecular formula is C11H14ClNO2. The largest absolute Gasteiger partial charge is 0.481 e. The lowest BCUT2D eigenvalue weighted by Crippen LogP contribution is -2.02. The molecule has 0 bridgehead atoms. The van der Waals surface area contributed by atoms with E-state index in [-0.39, 0.29) is 6.42 Å². The maximum absolute atomic E-state index is 10.2. The summed E-state index contributed by atoms with van der Waals surface area (Å²) in [7, 11) is 0. The molecule has 0 amide bonds. The molecule has 1 aromatic rings. The first kappa shape index (κ1) is 11.9. The summed E-state index contributed by atoms with van der Waals surface area (Å²) in [5.41, 5.74) is 0.970. The highest BCUT2D eigenvalue weighted by atomic mass is 35.5. The minimum Gasteiger partial charge on any atom is -0.481 e. The number of aliphatic carboxylic acids is 1. The van der Waals surface area contributed by atoms with Gasteiger partial charge in [-0.05, 0) is 31.0 Å². The number of rotatable bonds is 6. The molecule has 0 aliphatic rings. The van der Waals surface area contributed by atoms with Gasteiger partial charge in [-0.15, -0.1) is 0 Å². The highest BCUT2D eigenvalue weighted by molar-refractivity contribution is 6.30. The van der Waals surface area contributed by atoms with E-state index in [2.05, 4.69) is 5.32 Å². The van der Waals surface area contributed by atoms with Gasteiger partial charge < -0.3 is 10.4 Å². The van der Waals surface area contributed by atoms with Crippen LogP contribution in [0.4, 0.5) is 5.69 Å². The Balaban J connectivity index is 2.17. The average Bonchev–Trinajstić information content (AvgIpc) is 2.17. The molecule has 0 unspecified atom stereocenters. The summed E-state index contributed by atoms with van der Waals surface area (Å²) in [6, 6.07) is 7.47. The number of hydrogen-bond donors (Lipinski definition) is 2. The molecule has 0 saturated carbocycles. The summed E-state index contributed by atoms with van der Waals surface area (Å²) >= 11 is 5.81. The number of hydrogen-bond acceptors (Lipinski definition) is 2. The average molecular weight is 228 g/mol. The van der Waals surface area contributed by atoms with Crippen LogP contribution >= 0.6 is 11.6 Å². The van der Waals surface area contributed by atoms with Gasteiger partial charge in [0.25, 0.3) is 0 Å². The van der Waals surface area contributed by atoms with Crippen molar-refractivity contribution in [3.8, 4) is 0 Å². The van der Waals surface area contributed by atoms with Crippen LogP contribution in [0.3, 0.4) is 0 Å². The van der Waals surface area contributed by atoms with Crippen LogP contribution in [0.5, 0.6) is 0 Å². The Morgan fingerprint density at radius 1 is 1.40 bits per heavy atom. The Bertz CT molecular complexity index is 328. The van der Waals surface area contributed by atoms with E-state index in [1.807, 2.05) is 24.3 Å². The molecule has 1 rings (SSSR count). The van der Waals surface area contributed by atoms with E-state index in [4.69, 9.17) is 16.7 Å². The molecule has 0 aromatic heterocycles. The molecule has 0 aliphatic heterocycles. The van der Waals surface area contributed by atoms with Crippen LogP contribution in [0.25, 0.3) is 0 Å². The third-order valence-corrected chi connectivity index (χ3v) is 2.21. The van der Waals surface area contributed by atoms with Crippen LogP contribution < -0.4 is 5.32 Å². The molecule has 0 atom stereocenters. The predicted molar refractivity (Wildman–Crippen MR) is 61.4 cm³/mol. The SMILES string of the molecule is O=C(O)CCCCNc1cccc(Cl)c1. The Kier molecular flexibility index (Phi) is 4.98. The number of unbranched alkanes of at least 4 members (excludes halogenated alkanes) is 1. The summed E-state index contributed by atoms with van der Waals surface area (Å²) < 4.78 is 0. The fourth-order valence-corrected chi connectivity index (χ4v) is 1.42. The molecule has 0 fully saturated rings. The van der Waals surface area contributed by atoms with E-state index >= 15 is 0 Å². The zero-order valence-corrected chi connectivity index (χ0v) is 9.13. The maximum Gasteiger partial charge on any atom is 0.303 e. The molecule has 0 radical (unpaired) electrons. The van der Waals surface area contributed by atoms with Gasteiger partial charge in [-0.1, -0.05) is 17.7 Å². The van der Waals surface area contributed by atoms with Crippen molar-refractivity contribution in [1.29, 1.82) is 0 Å². The fraction of sp³-hybridized carbons (Fsp3) is 0.364. The Morgan fingerprint density at radius 3 is 2.87 bits per heavy atom. The zero-order valence-electron chi connectivity index (χ0n) is 8.37. The van der Waals surface area contributed by atoms with Crippen LogP contribution in [0, 0.1) is 0 Å². The second-order valence-corrected chi connectivity index (χ2v) is 3.72. The van der Waals surface area contributed by atoms with E-state index in [1.165, 1.54) is 0 Å². The molecule has 15 heavy (non-hydrogen) atoms. The van der Waals surface area contributed by atoms with E-state index in [0.29, 0.717) is 11.4 Å². The van der Waals surface area contributed by atoms with Crippen molar-refractivity contribution in [2.45, 2.75) is 19.3 Å². The van der Waals surface area contributed by atoms with Crippen molar-refractivity contribution in [3.63, 3.8) is 0 Å². The molecule has 0 aliphatic carbocycles. The topological polar surface area (TPSA) is 49.3 Å². The quantitative estimate of drug-likeness (QED) is 0.735. The molecule has 1 aromatic carbocycles. The third kappa shape index (κ3) is 5.27. The van der Waals surface area contributed by atoms with Crippen LogP contribution in [0.2, 0.25) is 5.02 Å². The smallest absolute Gasteiger partial charge is 0.303 e. The van der Waals surface area contributed by atoms with Gasteiger partial charge in [-0.3, -0.25) is 4.79 Å². The third-order valence-electron chi connectivity index (χ3n) is 1.97. The molecule has 82 valence electrons. The maximum atomic E-state index is 10.2. The highest BCUT2D eigenvalue weighted by Crippen LogP contribution is 2.14. The zero-order chi connectivity index (χ0) is 11.1. The second-order valence-electron chi connectivity index (χ2n) is 3.29. The minimum atomic E-state index is -0.738. The van der Waals surface area contributed by atoms with Crippen molar-refractivity contribution < 1.29 is 9.90 Å². The number of carbonyl (C=O) groups is 1. The Morgan fingerprint density at radius 2 is 2.20 bits per heavy atom. The van der Waals surface area contributed by atoms with Crippen LogP contribution in [-0.2, 0) is 4.79 Å². The number of anilines is 1. The summed E-state index contributed by atoms with van der Waals surface area (Å²) in [5, 5.41) is 12.3. The van der Waals surface area contributed by atoms with Crippen molar-refractivity contribution in [2.75, 3.05) is 11.9 Å². The van der Waals surface area contributed by atoms with Gasteiger partial charge in [0.05, 0.1) is 0 Å². The van der Waals surface area contributed by atoms with Crippen molar-refractivity contribution in [1.82, 2.24) is 0 Å². The van der Waals surface area contributed by atoms with Crippen molar-refractivity contribution in [2.24, 2.45) is 0 Å². The number of halogens is 1. The first-order chi connectivity index (χ1) is 7.18. The minimum absolute atomic E-state index is 0.233. The Labute approximate surface area is 94.1 Å². The number of carboxylic acid groups (broad SMARTS) is 1. The van der Waals surface area contributed by atoms with Crippen LogP contribution in [0.15, 0.2) is 24.3 Å². The van der Waals surface area contributed by atoms with Gasteiger partial charge in [-0.2, -0.15) is 0 Å². The van der Waals surface area contributed by atoms with E-state index < -0.39 is 5.97 Å². The molecule has 0 saturated heterocycles. The highest BCUT2D eigenvalue weighted by Gasteiger charge is 1.96. The number of benzene rings is 1. The van der Waals surface area contributed by atoms with Crippen molar-refractivity contribution in [3.05, 3.63) is 29.3 Å². The summed E-state index contributed by atoms with van der Waals surface area (Å²) in [6.07, 6.45) is 1.78. The van der Waals surface area contributed by atoms with Gasteiger partial charge in [0.2, 0.25) is 0 Å². The lowest BCUT2D eigenvalue weighted by molar-refractivity contribution is -0.137. The first-order valence-corrected chi connectivity index (χ1v) is 5.27. The molecule has 0 heterocycles. The number of nitrogens with one attached hydrogen (secondary N) is 1. The Hall–Kier alpha value is -1.22. The standard InChI is InChI=1S/C11H14ClNO2/c12-9-4-3-5-10(8-9)13-7-2-1-6-11(14)15/h3-5,8,13H,1-2,6-7H2,(H,14,15). The summed E-state index contributed by atoms with van der Waals surface area (Å²) in [6.45, 7) is 0.771. The van der Waals surface area contributed by atoms with E-state index in [0.717, 1.165) is 18.7 Å². The van der Waals surface area contributed by atoms with Gasteiger partial charge in [-0.25, -0.2) is 0 Å². The summed E-state index contributed by atoms with van der Waals surface area (Å²) in [4.78, 5) is 10.2. The van der Waals surface area contributed by atoms with Crippen LogP contribution in [-0.4, -0.2) is 17.6 Å². The van der Waals surface area contributed by atoms with Gasteiger partial charge in [0.15, 0.2) is 0 Å². The predicted octanol–water partition coefficient (Wildman–Crippen LogP) is 3.01. The van der Waals surface area contributed by atoms with Gasteiger partial charge >= 0.3 is 5.97 Å². The lowest BCUT2D eigenvalue weighted by atomic mass is 10.2. The van der Waals surface area contributed by atoms with Gasteiger partial charge in [0, 0.05) is 23.7 Å². The fourth-order valence-electron chi connectivity index (χ4n) is 1.23. The molecule has 0 spiro atoms. The molecular weight excluding hydrogens is 214 g/mol. The number of carboxylic acids is 1. The summed E-state index contributed by atoms with van der Waals surface area (Å²) in [5.74, 6) is -0.738. The van der Waals surface area contributed by atoms with Crippen LogP contribution in [0.1, 0.15) is 19.3 Å². The monoisotopic (exact) mass is 227 g/mol. The molecule has 4 heteroatoms.